The molecule has 39 heavy (non-hydrogen) atoms. The molecule has 2 fully saturated rings. The number of hydrogen-bond donors (Lipinski definition) is 1. The summed E-state index contributed by atoms with van der Waals surface area (Å²) in [5.74, 6) is -5.80. The molecule has 0 radical (unpaired) electrons. The van der Waals surface area contributed by atoms with Gasteiger partial charge in [0.1, 0.15) is 37.1 Å². The van der Waals surface area contributed by atoms with Crippen LogP contribution >= 0.6 is 0 Å². The maximum Gasteiger partial charge on any atom is 0.491 e. The summed E-state index contributed by atoms with van der Waals surface area (Å²) < 4.78 is 62.6. The quantitative estimate of drug-likeness (QED) is 0.113. The topological polar surface area (TPSA) is 228 Å². The lowest BCUT2D eigenvalue weighted by Gasteiger charge is -2.22. The summed E-state index contributed by atoms with van der Waals surface area (Å²) >= 11 is 0. The third-order valence-electron chi connectivity index (χ3n) is 5.64. The lowest BCUT2D eigenvalue weighted by Crippen LogP contribution is -2.44. The molecule has 0 spiro atoms. The first-order valence-corrected chi connectivity index (χ1v) is 11.4. The molecular formula is C19H26F3N3O14. The van der Waals surface area contributed by atoms with Crippen LogP contribution in [0.4, 0.5) is 13.2 Å². The standard InChI is InChI=1S/C19H26F3N3O14/c1-9(14(23)17(27)38-18(28)19(20,21)22)5-33-11-7-34-16-12(8-35-15(11)16)37-13(26)4-2-3-10(39-25(31)32)6-36-24(29)30/h9-12,14-16H,2-8,23H2,1H3/t9?,10-,11+,12+,14?,15+,16+/m0/s1. The molecular weight excluding hydrogens is 551 g/mol. The van der Waals surface area contributed by atoms with E-state index in [-0.39, 0.29) is 39.1 Å². The van der Waals surface area contributed by atoms with Crippen LogP contribution in [0.1, 0.15) is 26.2 Å². The van der Waals surface area contributed by atoms with E-state index in [0.29, 0.717) is 0 Å². The molecule has 0 amide bonds. The van der Waals surface area contributed by atoms with Crippen LogP contribution in [0.5, 0.6) is 0 Å². The first kappa shape index (κ1) is 31.9. The van der Waals surface area contributed by atoms with Gasteiger partial charge in [0.05, 0.1) is 19.8 Å². The van der Waals surface area contributed by atoms with E-state index in [1.807, 2.05) is 0 Å². The Hall–Kier alpha value is -3.36. The van der Waals surface area contributed by atoms with Crippen LogP contribution in [-0.4, -0.2) is 97.2 Å². The van der Waals surface area contributed by atoms with Crippen molar-refractivity contribution in [1.29, 1.82) is 0 Å². The van der Waals surface area contributed by atoms with Gasteiger partial charge in [-0.1, -0.05) is 6.92 Å². The summed E-state index contributed by atoms with van der Waals surface area (Å²) in [5, 5.41) is 18.5. The maximum atomic E-state index is 12.2. The van der Waals surface area contributed by atoms with Crippen molar-refractivity contribution in [2.75, 3.05) is 26.4 Å². The zero-order valence-electron chi connectivity index (χ0n) is 20.3. The number of rotatable bonds is 15. The molecule has 2 rings (SSSR count). The largest absolute Gasteiger partial charge is 0.491 e. The van der Waals surface area contributed by atoms with Crippen molar-refractivity contribution >= 4 is 17.9 Å². The summed E-state index contributed by atoms with van der Waals surface area (Å²) in [7, 11) is 0. The van der Waals surface area contributed by atoms with Crippen LogP contribution in [-0.2, 0) is 47.7 Å². The predicted molar refractivity (Wildman–Crippen MR) is 112 cm³/mol. The van der Waals surface area contributed by atoms with Crippen LogP contribution in [0.2, 0.25) is 0 Å². The van der Waals surface area contributed by atoms with Gasteiger partial charge in [-0.15, -0.1) is 20.2 Å². The number of halogens is 3. The molecule has 0 aromatic rings. The first-order chi connectivity index (χ1) is 18.2. The minimum Gasteiger partial charge on any atom is -0.457 e. The van der Waals surface area contributed by atoms with E-state index in [2.05, 4.69) is 14.4 Å². The maximum absolute atomic E-state index is 12.2. The molecule has 2 unspecified atom stereocenters. The van der Waals surface area contributed by atoms with Crippen LogP contribution < -0.4 is 5.73 Å². The van der Waals surface area contributed by atoms with Gasteiger partial charge in [-0.2, -0.15) is 13.2 Å². The van der Waals surface area contributed by atoms with Crippen molar-refractivity contribution in [3.05, 3.63) is 20.2 Å². The summed E-state index contributed by atoms with van der Waals surface area (Å²) in [6.45, 7) is 0.413. The fourth-order valence-corrected chi connectivity index (χ4v) is 3.64. The average Bonchev–Trinajstić information content (AvgIpc) is 3.42. The summed E-state index contributed by atoms with van der Waals surface area (Å²) in [6, 6.07) is -1.59. The summed E-state index contributed by atoms with van der Waals surface area (Å²) in [5.41, 5.74) is 5.56. The Morgan fingerprint density at radius 1 is 1.05 bits per heavy atom. The fourth-order valence-electron chi connectivity index (χ4n) is 3.64. The van der Waals surface area contributed by atoms with Gasteiger partial charge in [0.25, 0.3) is 10.2 Å². The molecule has 0 saturated carbocycles. The van der Waals surface area contributed by atoms with Crippen molar-refractivity contribution in [1.82, 2.24) is 0 Å². The van der Waals surface area contributed by atoms with Gasteiger partial charge < -0.3 is 39.1 Å². The average molecular weight is 577 g/mol. The van der Waals surface area contributed by atoms with Gasteiger partial charge in [0, 0.05) is 12.3 Å². The van der Waals surface area contributed by atoms with E-state index in [0.717, 1.165) is 0 Å². The molecule has 0 aromatic carbocycles. The number of hydrogen-bond acceptors (Lipinski definition) is 15. The van der Waals surface area contributed by atoms with Gasteiger partial charge in [-0.05, 0) is 12.8 Å². The Balaban J connectivity index is 1.75. The third-order valence-corrected chi connectivity index (χ3v) is 5.64. The highest BCUT2D eigenvalue weighted by Gasteiger charge is 2.50. The number of carbonyl (C=O) groups excluding carboxylic acids is 3. The van der Waals surface area contributed by atoms with E-state index >= 15 is 0 Å². The number of carbonyl (C=O) groups is 3. The summed E-state index contributed by atoms with van der Waals surface area (Å²) in [4.78, 5) is 63.8. The fraction of sp³-hybridized carbons (Fsp3) is 0.842. The first-order valence-electron chi connectivity index (χ1n) is 11.4. The number of fused-ring (bicyclic) bond motifs is 1. The minimum absolute atomic E-state index is 0.00129. The molecule has 222 valence electrons. The molecule has 0 aliphatic carbocycles. The van der Waals surface area contributed by atoms with Crippen LogP contribution in [0, 0.1) is 26.1 Å². The van der Waals surface area contributed by atoms with E-state index in [9.17, 15) is 47.8 Å². The highest BCUT2D eigenvalue weighted by Crippen LogP contribution is 2.31. The van der Waals surface area contributed by atoms with Crippen LogP contribution in [0.3, 0.4) is 0 Å². The van der Waals surface area contributed by atoms with Crippen LogP contribution in [0.25, 0.3) is 0 Å². The highest BCUT2D eigenvalue weighted by atomic mass is 19.4. The number of nitrogens with zero attached hydrogens (tertiary/aromatic N) is 2. The Kier molecular flexibility index (Phi) is 11.6. The molecule has 2 aliphatic rings. The van der Waals surface area contributed by atoms with E-state index in [4.69, 9.17) is 24.7 Å². The zero-order valence-corrected chi connectivity index (χ0v) is 20.3. The Morgan fingerprint density at radius 3 is 2.26 bits per heavy atom. The van der Waals surface area contributed by atoms with Gasteiger partial charge >= 0.3 is 24.1 Å². The van der Waals surface area contributed by atoms with E-state index in [1.165, 1.54) is 6.92 Å². The predicted octanol–water partition coefficient (Wildman–Crippen LogP) is -0.368. The third kappa shape index (κ3) is 10.0. The highest BCUT2D eigenvalue weighted by molar-refractivity contribution is 5.90. The minimum atomic E-state index is -5.35. The van der Waals surface area contributed by atoms with Crippen molar-refractivity contribution in [3.8, 4) is 0 Å². The molecule has 0 aromatic heterocycles. The lowest BCUT2D eigenvalue weighted by atomic mass is 10.0. The molecule has 17 nitrogen and oxygen atoms in total. The molecule has 2 saturated heterocycles. The Labute approximate surface area is 217 Å². The van der Waals surface area contributed by atoms with Crippen molar-refractivity contribution in [2.45, 2.75) is 68.9 Å². The summed E-state index contributed by atoms with van der Waals surface area (Å²) in [6.07, 6.45) is -9.80. The van der Waals surface area contributed by atoms with E-state index in [1.54, 1.807) is 0 Å². The molecule has 2 N–H and O–H groups in total. The smallest absolute Gasteiger partial charge is 0.457 e. The van der Waals surface area contributed by atoms with Gasteiger partial charge in [0.15, 0.2) is 6.10 Å². The number of ether oxygens (including phenoxy) is 5. The lowest BCUT2D eigenvalue weighted by molar-refractivity contribution is -0.790. The normalized spacial score (nSPS) is 24.6. The SMILES string of the molecule is CC(CO[C@@H]1CO[C@H]2[C@@H]1OC[C@H]2OC(=O)CCC[C@@H](CO[N+](=O)[O-])O[N+](=O)[O-])C(N)C(=O)OC(=O)C(F)(F)F. The molecule has 0 bridgehead atoms. The second kappa shape index (κ2) is 14.1. The van der Waals surface area contributed by atoms with Gasteiger partial charge in [-0.3, -0.25) is 4.79 Å². The van der Waals surface area contributed by atoms with Crippen molar-refractivity contribution < 1.29 is 71.1 Å². The number of esters is 3. The van der Waals surface area contributed by atoms with Gasteiger partial charge in [-0.25, -0.2) is 9.59 Å². The van der Waals surface area contributed by atoms with Crippen LogP contribution in [0.15, 0.2) is 0 Å². The Bertz CT molecular complexity index is 906. The monoisotopic (exact) mass is 577 g/mol. The molecule has 20 heteroatoms. The van der Waals surface area contributed by atoms with E-state index < -0.39 is 83.3 Å². The van der Waals surface area contributed by atoms with Gasteiger partial charge in [0.2, 0.25) is 0 Å². The number of nitrogens with two attached hydrogens (primary N) is 1. The van der Waals surface area contributed by atoms with Crippen molar-refractivity contribution in [2.24, 2.45) is 11.7 Å². The number of alkyl halides is 3. The second-order valence-electron chi connectivity index (χ2n) is 8.57. The molecule has 2 heterocycles. The molecule has 7 atom stereocenters. The zero-order chi connectivity index (χ0) is 29.3. The second-order valence-corrected chi connectivity index (χ2v) is 8.57. The van der Waals surface area contributed by atoms with Crippen molar-refractivity contribution in [3.63, 3.8) is 0 Å². The Morgan fingerprint density at radius 2 is 1.67 bits per heavy atom. The molecule has 2 aliphatic heterocycles.